The van der Waals surface area contributed by atoms with E-state index in [2.05, 4.69) is 10.2 Å². The highest BCUT2D eigenvalue weighted by atomic mass is 16.5. The van der Waals surface area contributed by atoms with Crippen LogP contribution in [0.4, 0.5) is 5.69 Å². The highest BCUT2D eigenvalue weighted by Gasteiger charge is 2.16. The molecule has 0 saturated carbocycles. The number of carbonyl (C=O) groups excluding carboxylic acids is 1. The number of nitrogens with one attached hydrogen (secondary N) is 1. The van der Waals surface area contributed by atoms with E-state index >= 15 is 0 Å². The molecule has 0 bridgehead atoms. The normalized spacial score (nSPS) is 15.7. The summed E-state index contributed by atoms with van der Waals surface area (Å²) in [6.07, 6.45) is 0. The second kappa shape index (κ2) is 7.85. The lowest BCUT2D eigenvalue weighted by Crippen LogP contribution is -2.41. The second-order valence-corrected chi connectivity index (χ2v) is 4.86. The third kappa shape index (κ3) is 4.34. The molecule has 1 aliphatic heterocycles. The predicted octanol–water partition coefficient (Wildman–Crippen LogP) is 0.730. The van der Waals surface area contributed by atoms with Gasteiger partial charge in [0.15, 0.2) is 0 Å². The molecule has 2 rings (SSSR count). The molecular formula is C15H23N3O3. The maximum absolute atomic E-state index is 12.3. The summed E-state index contributed by atoms with van der Waals surface area (Å²) in [5.41, 5.74) is 6.75. The quantitative estimate of drug-likeness (QED) is 0.756. The number of carbonyl (C=O) groups is 1. The zero-order valence-corrected chi connectivity index (χ0v) is 12.4. The number of ether oxygens (including phenoxy) is 2. The van der Waals surface area contributed by atoms with Crippen molar-refractivity contribution in [2.45, 2.75) is 6.92 Å². The lowest BCUT2D eigenvalue weighted by Gasteiger charge is -2.26. The van der Waals surface area contributed by atoms with E-state index in [-0.39, 0.29) is 5.91 Å². The molecule has 1 aromatic carbocycles. The Morgan fingerprint density at radius 1 is 1.43 bits per heavy atom. The van der Waals surface area contributed by atoms with Crippen molar-refractivity contribution in [3.63, 3.8) is 0 Å². The molecule has 1 heterocycles. The van der Waals surface area contributed by atoms with Crippen LogP contribution in [0.2, 0.25) is 0 Å². The zero-order valence-electron chi connectivity index (χ0n) is 12.4. The summed E-state index contributed by atoms with van der Waals surface area (Å²) in [5.74, 6) is 0.339. The van der Waals surface area contributed by atoms with E-state index in [1.54, 1.807) is 18.2 Å². The number of nitrogen functional groups attached to an aromatic ring is 1. The molecule has 3 N–H and O–H groups in total. The van der Waals surface area contributed by atoms with Crippen LogP contribution in [0.25, 0.3) is 0 Å². The monoisotopic (exact) mass is 293 g/mol. The maximum atomic E-state index is 12.3. The summed E-state index contributed by atoms with van der Waals surface area (Å²) in [4.78, 5) is 14.6. The standard InChI is InChI=1S/C15H23N3O3/c1-2-21-13-5-3-4-12(16)14(13)15(19)17-6-7-18-8-10-20-11-9-18/h3-5H,2,6-11,16H2,1H3,(H,17,19). The van der Waals surface area contributed by atoms with E-state index < -0.39 is 0 Å². The molecule has 0 atom stereocenters. The summed E-state index contributed by atoms with van der Waals surface area (Å²) < 4.78 is 10.8. The number of rotatable bonds is 6. The van der Waals surface area contributed by atoms with Crippen LogP contribution < -0.4 is 15.8 Å². The minimum atomic E-state index is -0.190. The van der Waals surface area contributed by atoms with E-state index in [1.807, 2.05) is 6.92 Å². The lowest BCUT2D eigenvalue weighted by molar-refractivity contribution is 0.0383. The first kappa shape index (κ1) is 15.6. The first-order valence-electron chi connectivity index (χ1n) is 7.32. The summed E-state index contributed by atoms with van der Waals surface area (Å²) in [6.45, 7) is 7.11. The molecule has 1 saturated heterocycles. The maximum Gasteiger partial charge on any atom is 0.257 e. The topological polar surface area (TPSA) is 76.8 Å². The molecule has 116 valence electrons. The van der Waals surface area contributed by atoms with Crippen LogP contribution in [0.15, 0.2) is 18.2 Å². The molecule has 0 unspecified atom stereocenters. The van der Waals surface area contributed by atoms with Gasteiger partial charge in [-0.2, -0.15) is 0 Å². The van der Waals surface area contributed by atoms with Gasteiger partial charge < -0.3 is 20.5 Å². The Morgan fingerprint density at radius 3 is 2.90 bits per heavy atom. The predicted molar refractivity (Wildman–Crippen MR) is 81.6 cm³/mol. The van der Waals surface area contributed by atoms with Gasteiger partial charge in [0, 0.05) is 31.9 Å². The van der Waals surface area contributed by atoms with Crippen LogP contribution >= 0.6 is 0 Å². The van der Waals surface area contributed by atoms with Gasteiger partial charge in [-0.1, -0.05) is 6.07 Å². The summed E-state index contributed by atoms with van der Waals surface area (Å²) >= 11 is 0. The SMILES string of the molecule is CCOc1cccc(N)c1C(=O)NCCN1CCOCC1. The van der Waals surface area contributed by atoms with Gasteiger partial charge >= 0.3 is 0 Å². The smallest absolute Gasteiger partial charge is 0.257 e. The van der Waals surface area contributed by atoms with Crippen molar-refractivity contribution in [2.24, 2.45) is 0 Å². The molecule has 1 fully saturated rings. The Kier molecular flexibility index (Phi) is 5.83. The van der Waals surface area contributed by atoms with E-state index in [0.29, 0.717) is 30.2 Å². The van der Waals surface area contributed by atoms with Gasteiger partial charge in [-0.15, -0.1) is 0 Å². The summed E-state index contributed by atoms with van der Waals surface area (Å²) in [6, 6.07) is 5.25. The Bertz CT molecular complexity index is 473. The van der Waals surface area contributed by atoms with Crippen molar-refractivity contribution in [2.75, 3.05) is 51.7 Å². The molecule has 21 heavy (non-hydrogen) atoms. The fourth-order valence-electron chi connectivity index (χ4n) is 2.31. The molecule has 0 radical (unpaired) electrons. The molecule has 1 amide bonds. The summed E-state index contributed by atoms with van der Waals surface area (Å²) in [7, 11) is 0. The number of hydrogen-bond acceptors (Lipinski definition) is 5. The third-order valence-corrected chi connectivity index (χ3v) is 3.40. The molecule has 0 spiro atoms. The Morgan fingerprint density at radius 2 is 2.19 bits per heavy atom. The van der Waals surface area contributed by atoms with Gasteiger partial charge in [-0.05, 0) is 19.1 Å². The fourth-order valence-corrected chi connectivity index (χ4v) is 2.31. The number of hydrogen-bond donors (Lipinski definition) is 2. The van der Waals surface area contributed by atoms with Crippen molar-refractivity contribution in [1.82, 2.24) is 10.2 Å². The van der Waals surface area contributed by atoms with Crippen LogP contribution in [0.5, 0.6) is 5.75 Å². The second-order valence-electron chi connectivity index (χ2n) is 4.86. The van der Waals surface area contributed by atoms with Crippen LogP contribution in [0.3, 0.4) is 0 Å². The number of benzene rings is 1. The number of morpholine rings is 1. The first-order chi connectivity index (χ1) is 10.2. The van der Waals surface area contributed by atoms with Crippen molar-refractivity contribution in [3.05, 3.63) is 23.8 Å². The average molecular weight is 293 g/mol. The highest BCUT2D eigenvalue weighted by molar-refractivity contribution is 6.01. The molecule has 1 aliphatic rings. The van der Waals surface area contributed by atoms with Crippen molar-refractivity contribution in [1.29, 1.82) is 0 Å². The molecule has 1 aromatic rings. The fraction of sp³-hybridized carbons (Fsp3) is 0.533. The average Bonchev–Trinajstić information content (AvgIpc) is 2.48. The minimum absolute atomic E-state index is 0.190. The van der Waals surface area contributed by atoms with Gasteiger partial charge in [-0.25, -0.2) is 0 Å². The molecule has 0 aliphatic carbocycles. The van der Waals surface area contributed by atoms with E-state index in [9.17, 15) is 4.79 Å². The van der Waals surface area contributed by atoms with Gasteiger partial charge in [0.25, 0.3) is 5.91 Å². The third-order valence-electron chi connectivity index (χ3n) is 3.40. The van der Waals surface area contributed by atoms with E-state index in [4.69, 9.17) is 15.2 Å². The number of nitrogens with two attached hydrogens (primary N) is 1. The molecule has 0 aromatic heterocycles. The first-order valence-corrected chi connectivity index (χ1v) is 7.32. The van der Waals surface area contributed by atoms with Crippen LogP contribution in [0.1, 0.15) is 17.3 Å². The number of anilines is 1. The Labute approximate surface area is 125 Å². The van der Waals surface area contributed by atoms with Gasteiger partial charge in [0.1, 0.15) is 11.3 Å². The Balaban J connectivity index is 1.90. The van der Waals surface area contributed by atoms with Crippen LogP contribution in [-0.4, -0.2) is 56.8 Å². The Hall–Kier alpha value is -1.79. The van der Waals surface area contributed by atoms with Crippen molar-refractivity contribution >= 4 is 11.6 Å². The van der Waals surface area contributed by atoms with Crippen molar-refractivity contribution in [3.8, 4) is 5.75 Å². The van der Waals surface area contributed by atoms with Gasteiger partial charge in [0.05, 0.1) is 19.8 Å². The molecule has 6 nitrogen and oxygen atoms in total. The molecular weight excluding hydrogens is 270 g/mol. The highest BCUT2D eigenvalue weighted by Crippen LogP contribution is 2.24. The van der Waals surface area contributed by atoms with Crippen molar-refractivity contribution < 1.29 is 14.3 Å². The van der Waals surface area contributed by atoms with Gasteiger partial charge in [-0.3, -0.25) is 9.69 Å². The number of nitrogens with zero attached hydrogens (tertiary/aromatic N) is 1. The number of amides is 1. The molecule has 6 heteroatoms. The van der Waals surface area contributed by atoms with Crippen LogP contribution in [0, 0.1) is 0 Å². The van der Waals surface area contributed by atoms with E-state index in [1.165, 1.54) is 0 Å². The minimum Gasteiger partial charge on any atom is -0.493 e. The largest absolute Gasteiger partial charge is 0.493 e. The zero-order chi connectivity index (χ0) is 15.1. The van der Waals surface area contributed by atoms with E-state index in [0.717, 1.165) is 32.8 Å². The summed E-state index contributed by atoms with van der Waals surface area (Å²) in [5, 5.41) is 2.90. The van der Waals surface area contributed by atoms with Gasteiger partial charge in [0.2, 0.25) is 0 Å². The van der Waals surface area contributed by atoms with Crippen LogP contribution in [-0.2, 0) is 4.74 Å². The lowest BCUT2D eigenvalue weighted by atomic mass is 10.1.